The standard InChI is InChI=1S/C25H28N5P/c1-15-23(18-11-19-8-9-20(12-18)29-19)31-25-21(14-28-30(25)24(15)26)17-7-10-22(27-13-17)16-5-3-2-4-6-16/h2-7,10,13-14,18-20,23,29,31H,8-9,11-12,26H2,1H3. The van der Waals surface area contributed by atoms with Gasteiger partial charge in [0.2, 0.25) is 0 Å². The molecule has 4 atom stereocenters. The Morgan fingerprint density at radius 2 is 1.77 bits per heavy atom. The third kappa shape index (κ3) is 3.31. The smallest absolute Gasteiger partial charge is 0.125 e. The highest BCUT2D eigenvalue weighted by Gasteiger charge is 2.40. The summed E-state index contributed by atoms with van der Waals surface area (Å²) in [5, 5.41) is 8.45. The van der Waals surface area contributed by atoms with E-state index in [9.17, 15) is 0 Å². The lowest BCUT2D eigenvalue weighted by molar-refractivity contribution is 0.302. The molecular formula is C25H28N5P. The minimum absolute atomic E-state index is 0.532. The highest BCUT2D eigenvalue weighted by molar-refractivity contribution is 7.48. The van der Waals surface area contributed by atoms with Crippen LogP contribution in [0.5, 0.6) is 0 Å². The first-order chi connectivity index (χ1) is 15.2. The van der Waals surface area contributed by atoms with Crippen molar-refractivity contribution >= 4 is 19.8 Å². The average molecular weight is 430 g/mol. The summed E-state index contributed by atoms with van der Waals surface area (Å²) in [6.45, 7) is 2.22. The second kappa shape index (κ2) is 7.58. The summed E-state index contributed by atoms with van der Waals surface area (Å²) >= 11 is 0. The maximum atomic E-state index is 6.62. The van der Waals surface area contributed by atoms with Crippen LogP contribution in [0.3, 0.4) is 0 Å². The lowest BCUT2D eigenvalue weighted by Crippen LogP contribution is -2.43. The Bertz CT molecular complexity index is 1120. The highest BCUT2D eigenvalue weighted by atomic mass is 31.1. The maximum Gasteiger partial charge on any atom is 0.125 e. The van der Waals surface area contributed by atoms with E-state index in [0.717, 1.165) is 22.6 Å². The minimum atomic E-state index is 0.532. The summed E-state index contributed by atoms with van der Waals surface area (Å²) in [5.74, 6) is 1.54. The van der Waals surface area contributed by atoms with Crippen LogP contribution in [0.2, 0.25) is 0 Å². The summed E-state index contributed by atoms with van der Waals surface area (Å²) < 4.78 is 1.97. The monoisotopic (exact) mass is 429 g/mol. The lowest BCUT2D eigenvalue weighted by atomic mass is 9.86. The zero-order valence-electron chi connectivity index (χ0n) is 17.8. The number of hydrogen-bond donors (Lipinski definition) is 2. The third-order valence-corrected chi connectivity index (χ3v) is 9.26. The van der Waals surface area contributed by atoms with Crippen LogP contribution < -0.4 is 16.5 Å². The number of pyridine rings is 1. The van der Waals surface area contributed by atoms with Crippen LogP contribution in [-0.4, -0.2) is 32.5 Å². The topological polar surface area (TPSA) is 68.8 Å². The fourth-order valence-electron chi connectivity index (χ4n) is 5.64. The van der Waals surface area contributed by atoms with Crippen molar-refractivity contribution in [2.24, 2.45) is 11.7 Å². The molecule has 2 saturated heterocycles. The number of nitrogens with one attached hydrogen (secondary N) is 1. The molecule has 0 radical (unpaired) electrons. The molecule has 2 fully saturated rings. The van der Waals surface area contributed by atoms with Crippen LogP contribution in [-0.2, 0) is 0 Å². The Morgan fingerprint density at radius 3 is 2.48 bits per heavy atom. The zero-order chi connectivity index (χ0) is 20.9. The second-order valence-corrected chi connectivity index (χ2v) is 10.6. The summed E-state index contributed by atoms with van der Waals surface area (Å²) in [6.07, 6.45) is 9.16. The van der Waals surface area contributed by atoms with E-state index in [-0.39, 0.29) is 0 Å². The number of piperidine rings is 1. The molecule has 2 aromatic heterocycles. The van der Waals surface area contributed by atoms with Gasteiger partial charge in [0.05, 0.1) is 17.3 Å². The number of allylic oxidation sites excluding steroid dienone is 1. The van der Waals surface area contributed by atoms with E-state index >= 15 is 0 Å². The van der Waals surface area contributed by atoms with Gasteiger partial charge in [0.1, 0.15) is 5.82 Å². The molecule has 3 aliphatic rings. The van der Waals surface area contributed by atoms with Crippen LogP contribution in [0.4, 0.5) is 0 Å². The van der Waals surface area contributed by atoms with Crippen molar-refractivity contribution in [2.45, 2.75) is 50.3 Å². The molecule has 3 aliphatic heterocycles. The fourth-order valence-corrected chi connectivity index (χ4v) is 7.47. The molecule has 2 bridgehead atoms. The number of aromatic nitrogens is 3. The molecule has 1 aromatic carbocycles. The highest BCUT2D eigenvalue weighted by Crippen LogP contribution is 2.45. The van der Waals surface area contributed by atoms with Crippen molar-refractivity contribution in [1.29, 1.82) is 0 Å². The predicted molar refractivity (Wildman–Crippen MR) is 128 cm³/mol. The average Bonchev–Trinajstić information content (AvgIpc) is 3.39. The summed E-state index contributed by atoms with van der Waals surface area (Å²) in [7, 11) is 0.694. The molecular weight excluding hydrogens is 401 g/mol. The molecule has 3 N–H and O–H groups in total. The largest absolute Gasteiger partial charge is 0.384 e. The first-order valence-corrected chi connectivity index (χ1v) is 12.3. The van der Waals surface area contributed by atoms with E-state index in [1.54, 1.807) is 0 Å². The molecule has 3 aromatic rings. The quantitative estimate of drug-likeness (QED) is 0.618. The second-order valence-electron chi connectivity index (χ2n) is 9.18. The summed E-state index contributed by atoms with van der Waals surface area (Å²) in [6, 6.07) is 16.0. The molecule has 31 heavy (non-hydrogen) atoms. The van der Waals surface area contributed by atoms with Crippen LogP contribution in [0, 0.1) is 5.92 Å². The van der Waals surface area contributed by atoms with Gasteiger partial charge in [-0.3, -0.25) is 4.98 Å². The Labute approximate surface area is 184 Å². The Kier molecular flexibility index (Phi) is 4.70. The van der Waals surface area contributed by atoms with Crippen LogP contribution in [0.1, 0.15) is 32.6 Å². The SMILES string of the molecule is CC1=C(N)n2ncc(-c3ccc(-c4ccccc4)nc3)c2PC1C1CC2CCC(C1)N2. The minimum Gasteiger partial charge on any atom is -0.384 e. The van der Waals surface area contributed by atoms with Gasteiger partial charge in [-0.05, 0) is 50.2 Å². The molecule has 0 spiro atoms. The maximum absolute atomic E-state index is 6.62. The predicted octanol–water partition coefficient (Wildman–Crippen LogP) is 3.98. The third-order valence-electron chi connectivity index (χ3n) is 7.29. The first-order valence-electron chi connectivity index (χ1n) is 11.3. The van der Waals surface area contributed by atoms with Gasteiger partial charge in [-0.2, -0.15) is 5.10 Å². The van der Waals surface area contributed by atoms with E-state index in [2.05, 4.69) is 41.6 Å². The van der Waals surface area contributed by atoms with Crippen molar-refractivity contribution in [1.82, 2.24) is 20.1 Å². The number of nitrogens with two attached hydrogens (primary N) is 1. The number of benzene rings is 1. The van der Waals surface area contributed by atoms with Crippen molar-refractivity contribution in [2.75, 3.05) is 0 Å². The number of fused-ring (bicyclic) bond motifs is 3. The van der Waals surface area contributed by atoms with Gasteiger partial charge in [0.25, 0.3) is 0 Å². The van der Waals surface area contributed by atoms with E-state index < -0.39 is 0 Å². The Balaban J connectivity index is 1.32. The van der Waals surface area contributed by atoms with Crippen molar-refractivity contribution in [3.05, 3.63) is 60.4 Å². The number of hydrogen-bond acceptors (Lipinski definition) is 4. The first kappa shape index (κ1) is 19.2. The molecule has 158 valence electrons. The molecule has 6 rings (SSSR count). The molecule has 4 unspecified atom stereocenters. The summed E-state index contributed by atoms with van der Waals surface area (Å²) in [5.41, 5.74) is 14.1. The van der Waals surface area contributed by atoms with Gasteiger partial charge in [-0.25, -0.2) is 4.68 Å². The van der Waals surface area contributed by atoms with Crippen LogP contribution in [0.25, 0.3) is 28.2 Å². The van der Waals surface area contributed by atoms with Gasteiger partial charge >= 0.3 is 0 Å². The van der Waals surface area contributed by atoms with Crippen molar-refractivity contribution in [3.8, 4) is 22.4 Å². The summed E-state index contributed by atoms with van der Waals surface area (Å²) in [4.78, 5) is 4.74. The van der Waals surface area contributed by atoms with E-state index in [4.69, 9.17) is 10.7 Å². The Hall–Kier alpha value is -2.49. The molecule has 0 aliphatic carbocycles. The van der Waals surface area contributed by atoms with Crippen LogP contribution in [0.15, 0.2) is 60.4 Å². The molecule has 0 amide bonds. The normalized spacial score (nSPS) is 28.2. The zero-order valence-corrected chi connectivity index (χ0v) is 18.8. The van der Waals surface area contributed by atoms with Crippen molar-refractivity contribution < 1.29 is 0 Å². The van der Waals surface area contributed by atoms with E-state index in [1.165, 1.54) is 42.3 Å². The van der Waals surface area contributed by atoms with Crippen molar-refractivity contribution in [3.63, 3.8) is 0 Å². The van der Waals surface area contributed by atoms with E-state index in [1.807, 2.05) is 35.3 Å². The molecule has 5 nitrogen and oxygen atoms in total. The lowest BCUT2D eigenvalue weighted by Gasteiger charge is -2.37. The van der Waals surface area contributed by atoms with Gasteiger partial charge in [-0.15, -0.1) is 0 Å². The molecule has 0 saturated carbocycles. The van der Waals surface area contributed by atoms with Gasteiger partial charge in [0.15, 0.2) is 0 Å². The van der Waals surface area contributed by atoms with Gasteiger partial charge in [-0.1, -0.05) is 45.0 Å². The van der Waals surface area contributed by atoms with Gasteiger partial charge < -0.3 is 11.1 Å². The van der Waals surface area contributed by atoms with Gasteiger partial charge in [0, 0.05) is 40.6 Å². The number of nitrogens with zero attached hydrogens (tertiary/aromatic N) is 3. The fraction of sp³-hybridized carbons (Fsp3) is 0.360. The van der Waals surface area contributed by atoms with E-state index in [0.29, 0.717) is 32.2 Å². The number of rotatable bonds is 3. The Morgan fingerprint density at radius 1 is 1.00 bits per heavy atom. The molecule has 5 heterocycles. The molecule has 6 heteroatoms. The van der Waals surface area contributed by atoms with Crippen LogP contribution >= 0.6 is 8.58 Å².